The molecule has 0 saturated heterocycles. The molecule has 0 atom stereocenters. The standard InChI is InChI=1S/C15H27NO6SSi/c1-4-20-24(21-5-2,22-6-3)13-9-12-19-23(17,18)14-15-10-7-8-11-16-15/h7-8,10-11H,4-6,9,12-14H2,1-3H3. The molecule has 1 aromatic heterocycles. The Labute approximate surface area is 145 Å². The predicted molar refractivity (Wildman–Crippen MR) is 92.9 cm³/mol. The van der Waals surface area contributed by atoms with Crippen molar-refractivity contribution in [3.05, 3.63) is 30.1 Å². The van der Waals surface area contributed by atoms with Gasteiger partial charge in [-0.05, 0) is 39.3 Å². The van der Waals surface area contributed by atoms with Gasteiger partial charge in [-0.15, -0.1) is 0 Å². The number of hydrogen-bond acceptors (Lipinski definition) is 7. The van der Waals surface area contributed by atoms with E-state index in [1.807, 2.05) is 20.8 Å². The van der Waals surface area contributed by atoms with Crippen LogP contribution in [0.3, 0.4) is 0 Å². The van der Waals surface area contributed by atoms with Crippen LogP contribution in [0.25, 0.3) is 0 Å². The van der Waals surface area contributed by atoms with Gasteiger partial charge in [-0.3, -0.25) is 9.17 Å². The van der Waals surface area contributed by atoms with Crippen LogP contribution in [-0.2, 0) is 33.3 Å². The van der Waals surface area contributed by atoms with Crippen molar-refractivity contribution in [3.63, 3.8) is 0 Å². The van der Waals surface area contributed by atoms with E-state index in [-0.39, 0.29) is 12.4 Å². The zero-order valence-electron chi connectivity index (χ0n) is 14.6. The summed E-state index contributed by atoms with van der Waals surface area (Å²) >= 11 is 0. The predicted octanol–water partition coefficient (Wildman–Crippen LogP) is 2.37. The van der Waals surface area contributed by atoms with Crippen molar-refractivity contribution in [2.45, 2.75) is 39.0 Å². The third kappa shape index (κ3) is 7.82. The highest BCUT2D eigenvalue weighted by atomic mass is 32.2. The molecule has 0 aromatic carbocycles. The van der Waals surface area contributed by atoms with E-state index in [1.54, 1.807) is 24.4 Å². The smallest absolute Gasteiger partial charge is 0.374 e. The van der Waals surface area contributed by atoms with Crippen LogP contribution in [-0.4, -0.2) is 48.6 Å². The van der Waals surface area contributed by atoms with Gasteiger partial charge in [0.2, 0.25) is 0 Å². The van der Waals surface area contributed by atoms with Crippen molar-refractivity contribution in [2.24, 2.45) is 0 Å². The summed E-state index contributed by atoms with van der Waals surface area (Å²) in [5, 5.41) is 0. The molecule has 24 heavy (non-hydrogen) atoms. The Hall–Kier alpha value is -0.843. The fraction of sp³-hybridized carbons (Fsp3) is 0.667. The molecule has 9 heteroatoms. The van der Waals surface area contributed by atoms with Crippen molar-refractivity contribution >= 4 is 18.9 Å². The fourth-order valence-electron chi connectivity index (χ4n) is 2.18. The minimum Gasteiger partial charge on any atom is -0.374 e. The number of pyridine rings is 1. The summed E-state index contributed by atoms with van der Waals surface area (Å²) in [6, 6.07) is 5.64. The molecule has 0 saturated carbocycles. The van der Waals surface area contributed by atoms with Crippen molar-refractivity contribution in [1.29, 1.82) is 0 Å². The Morgan fingerprint density at radius 3 is 2.17 bits per heavy atom. The van der Waals surface area contributed by atoms with Crippen molar-refractivity contribution in [3.8, 4) is 0 Å². The van der Waals surface area contributed by atoms with E-state index in [0.717, 1.165) is 0 Å². The molecule has 138 valence electrons. The van der Waals surface area contributed by atoms with Gasteiger partial charge in [0, 0.05) is 32.1 Å². The monoisotopic (exact) mass is 377 g/mol. The van der Waals surface area contributed by atoms with Gasteiger partial charge in [0.15, 0.2) is 0 Å². The van der Waals surface area contributed by atoms with Gasteiger partial charge >= 0.3 is 8.80 Å². The zero-order valence-corrected chi connectivity index (χ0v) is 16.4. The first-order valence-corrected chi connectivity index (χ1v) is 11.7. The maximum Gasteiger partial charge on any atom is 0.501 e. The second kappa shape index (κ2) is 10.9. The number of rotatable bonds is 13. The molecule has 1 heterocycles. The summed E-state index contributed by atoms with van der Waals surface area (Å²) < 4.78 is 46.1. The SMILES string of the molecule is CCO[Si](CCCOS(=O)(=O)Cc1ccccn1)(OCC)OCC. The van der Waals surface area contributed by atoms with E-state index in [4.69, 9.17) is 17.5 Å². The molecule has 0 amide bonds. The second-order valence-corrected chi connectivity index (χ2v) is 9.30. The first-order chi connectivity index (χ1) is 11.5. The highest BCUT2D eigenvalue weighted by Crippen LogP contribution is 2.18. The van der Waals surface area contributed by atoms with E-state index in [2.05, 4.69) is 4.98 Å². The van der Waals surface area contributed by atoms with Gasteiger partial charge < -0.3 is 13.3 Å². The third-order valence-corrected chi connectivity index (χ3v) is 7.36. The maximum atomic E-state index is 12.0. The van der Waals surface area contributed by atoms with Gasteiger partial charge in [-0.25, -0.2) is 0 Å². The zero-order chi connectivity index (χ0) is 17.9. The Kier molecular flexibility index (Phi) is 9.63. The van der Waals surface area contributed by atoms with Gasteiger partial charge in [0.1, 0.15) is 5.75 Å². The lowest BCUT2D eigenvalue weighted by Crippen LogP contribution is -2.46. The Morgan fingerprint density at radius 1 is 1.04 bits per heavy atom. The maximum absolute atomic E-state index is 12.0. The van der Waals surface area contributed by atoms with Crippen LogP contribution in [0.2, 0.25) is 6.04 Å². The van der Waals surface area contributed by atoms with Crippen LogP contribution in [0.15, 0.2) is 24.4 Å². The lowest BCUT2D eigenvalue weighted by atomic mass is 10.4. The average Bonchev–Trinajstić information content (AvgIpc) is 2.53. The topological polar surface area (TPSA) is 84.0 Å². The van der Waals surface area contributed by atoms with E-state index >= 15 is 0 Å². The van der Waals surface area contributed by atoms with E-state index in [1.165, 1.54) is 0 Å². The lowest BCUT2D eigenvalue weighted by molar-refractivity contribution is 0.0697. The van der Waals surface area contributed by atoms with Gasteiger partial charge in [0.05, 0.1) is 12.3 Å². The molecular weight excluding hydrogens is 350 g/mol. The molecule has 0 bridgehead atoms. The van der Waals surface area contributed by atoms with E-state index in [9.17, 15) is 8.42 Å². The molecule has 0 unspecified atom stereocenters. The summed E-state index contributed by atoms with van der Waals surface area (Å²) in [6.07, 6.45) is 2.03. The van der Waals surface area contributed by atoms with Crippen LogP contribution in [0.1, 0.15) is 32.9 Å². The molecule has 0 spiro atoms. The molecule has 0 aliphatic rings. The number of hydrogen-bond donors (Lipinski definition) is 0. The van der Waals surface area contributed by atoms with Crippen molar-refractivity contribution in [2.75, 3.05) is 26.4 Å². The second-order valence-electron chi connectivity index (χ2n) is 4.93. The molecule has 7 nitrogen and oxygen atoms in total. The third-order valence-electron chi connectivity index (χ3n) is 3.03. The van der Waals surface area contributed by atoms with Gasteiger partial charge in [-0.1, -0.05) is 6.07 Å². The molecule has 0 fully saturated rings. The van der Waals surface area contributed by atoms with Crippen LogP contribution in [0.5, 0.6) is 0 Å². The summed E-state index contributed by atoms with van der Waals surface area (Å²) in [7, 11) is -6.41. The molecule has 1 aromatic rings. The minimum atomic E-state index is -3.66. The highest BCUT2D eigenvalue weighted by Gasteiger charge is 2.39. The summed E-state index contributed by atoms with van der Waals surface area (Å²) in [5.41, 5.74) is 0.458. The number of aromatic nitrogens is 1. The van der Waals surface area contributed by atoms with Crippen LogP contribution in [0, 0.1) is 0 Å². The fourth-order valence-corrected chi connectivity index (χ4v) is 5.75. The Morgan fingerprint density at radius 2 is 1.67 bits per heavy atom. The molecule has 0 radical (unpaired) electrons. The summed E-state index contributed by atoms with van der Waals surface area (Å²) in [6.45, 7) is 7.19. The van der Waals surface area contributed by atoms with Crippen molar-refractivity contribution in [1.82, 2.24) is 4.98 Å². The van der Waals surface area contributed by atoms with Crippen molar-refractivity contribution < 1.29 is 25.9 Å². The Balaban J connectivity index is 2.49. The van der Waals surface area contributed by atoms with Crippen LogP contribution < -0.4 is 0 Å². The number of nitrogens with zero attached hydrogens (tertiary/aromatic N) is 1. The van der Waals surface area contributed by atoms with Gasteiger partial charge in [-0.2, -0.15) is 8.42 Å². The molecule has 0 N–H and O–H groups in total. The quantitative estimate of drug-likeness (QED) is 0.296. The van der Waals surface area contributed by atoms with Gasteiger partial charge in [0.25, 0.3) is 10.1 Å². The van der Waals surface area contributed by atoms with Crippen LogP contribution >= 0.6 is 0 Å². The van der Waals surface area contributed by atoms with E-state index < -0.39 is 18.9 Å². The highest BCUT2D eigenvalue weighted by molar-refractivity contribution is 7.85. The largest absolute Gasteiger partial charge is 0.501 e. The normalized spacial score (nSPS) is 12.5. The lowest BCUT2D eigenvalue weighted by Gasteiger charge is -2.28. The first-order valence-electron chi connectivity index (χ1n) is 8.15. The molecule has 0 aliphatic heterocycles. The molecular formula is C15H27NO6SSi. The molecule has 0 aliphatic carbocycles. The van der Waals surface area contributed by atoms with E-state index in [0.29, 0.717) is 38.0 Å². The minimum absolute atomic E-state index is 0.0666. The summed E-state index contributed by atoms with van der Waals surface area (Å²) in [5.74, 6) is -0.237. The first kappa shape index (κ1) is 21.2. The average molecular weight is 378 g/mol. The molecule has 1 rings (SSSR count). The summed E-state index contributed by atoms with van der Waals surface area (Å²) in [4.78, 5) is 3.99. The van der Waals surface area contributed by atoms with Crippen LogP contribution in [0.4, 0.5) is 0 Å². The Bertz CT molecular complexity index is 537.